The molecule has 2 aliphatic rings. The van der Waals surface area contributed by atoms with Crippen molar-refractivity contribution in [2.75, 3.05) is 52.9 Å². The largest absolute Gasteiger partial charge is 0.459 e. The number of hydrogen-bond acceptors (Lipinski definition) is 5. The fourth-order valence-electron chi connectivity index (χ4n) is 3.07. The first-order valence-corrected chi connectivity index (χ1v) is 8.23. The average Bonchev–Trinajstić information content (AvgIpc) is 2.84. The van der Waals surface area contributed by atoms with Crippen molar-refractivity contribution in [3.63, 3.8) is 0 Å². The second-order valence-corrected chi connectivity index (χ2v) is 7.37. The van der Waals surface area contributed by atoms with Crippen molar-refractivity contribution in [1.29, 1.82) is 0 Å². The van der Waals surface area contributed by atoms with Gasteiger partial charge in [-0.1, -0.05) is 0 Å². The van der Waals surface area contributed by atoms with Crippen LogP contribution in [0.4, 0.5) is 0 Å². The number of piperazine rings is 1. The van der Waals surface area contributed by atoms with Crippen LogP contribution >= 0.6 is 0 Å². The maximum Gasteiger partial charge on any atom is 0.323 e. The third-order valence-electron chi connectivity index (χ3n) is 4.34. The fraction of sp³-hybridized carbons (Fsp3) is 0.938. The van der Waals surface area contributed by atoms with E-state index in [1.54, 1.807) is 0 Å². The van der Waals surface area contributed by atoms with Crippen molar-refractivity contribution < 1.29 is 9.53 Å². The predicted molar refractivity (Wildman–Crippen MR) is 84.4 cm³/mol. The van der Waals surface area contributed by atoms with Gasteiger partial charge < -0.3 is 9.64 Å². The minimum atomic E-state index is -0.386. The van der Waals surface area contributed by atoms with Crippen LogP contribution in [-0.4, -0.2) is 85.2 Å². The van der Waals surface area contributed by atoms with Gasteiger partial charge in [-0.15, -0.1) is 0 Å². The molecule has 21 heavy (non-hydrogen) atoms. The molecule has 5 nitrogen and oxygen atoms in total. The molecule has 0 saturated carbocycles. The van der Waals surface area contributed by atoms with Gasteiger partial charge in [0.25, 0.3) is 0 Å². The number of nitrogens with zero attached hydrogens (tertiary/aromatic N) is 3. The Morgan fingerprint density at radius 1 is 1.10 bits per heavy atom. The number of likely N-dealkylation sites (tertiary alicyclic amines) is 1. The Balaban J connectivity index is 1.78. The molecule has 122 valence electrons. The third-order valence-corrected chi connectivity index (χ3v) is 4.34. The Morgan fingerprint density at radius 2 is 1.76 bits per heavy atom. The van der Waals surface area contributed by atoms with Gasteiger partial charge in [0.1, 0.15) is 11.6 Å². The summed E-state index contributed by atoms with van der Waals surface area (Å²) in [5, 5.41) is 0. The molecule has 0 aromatic heterocycles. The Hall–Kier alpha value is -0.650. The minimum absolute atomic E-state index is 0.0308. The fourth-order valence-corrected chi connectivity index (χ4v) is 3.07. The molecule has 2 fully saturated rings. The lowest BCUT2D eigenvalue weighted by atomic mass is 10.1. The highest BCUT2D eigenvalue weighted by Crippen LogP contribution is 2.21. The average molecular weight is 297 g/mol. The molecule has 0 aliphatic carbocycles. The lowest BCUT2D eigenvalue weighted by Gasteiger charge is -2.34. The van der Waals surface area contributed by atoms with E-state index in [2.05, 4.69) is 21.7 Å². The van der Waals surface area contributed by atoms with Crippen LogP contribution in [0.1, 0.15) is 33.6 Å². The number of likely N-dealkylation sites (N-methyl/N-ethyl adjacent to an activating group) is 1. The van der Waals surface area contributed by atoms with E-state index in [-0.39, 0.29) is 17.6 Å². The molecule has 0 aromatic carbocycles. The van der Waals surface area contributed by atoms with Crippen LogP contribution in [0, 0.1) is 0 Å². The summed E-state index contributed by atoms with van der Waals surface area (Å²) in [6.45, 7) is 13.5. The zero-order chi connectivity index (χ0) is 15.5. The van der Waals surface area contributed by atoms with Crippen LogP contribution in [0.25, 0.3) is 0 Å². The van der Waals surface area contributed by atoms with Crippen molar-refractivity contribution in [1.82, 2.24) is 14.7 Å². The van der Waals surface area contributed by atoms with E-state index in [1.807, 2.05) is 20.8 Å². The van der Waals surface area contributed by atoms with Crippen molar-refractivity contribution in [3.05, 3.63) is 0 Å². The summed E-state index contributed by atoms with van der Waals surface area (Å²) in [5.41, 5.74) is -0.386. The van der Waals surface area contributed by atoms with Crippen molar-refractivity contribution >= 4 is 5.97 Å². The molecule has 0 spiro atoms. The van der Waals surface area contributed by atoms with Crippen LogP contribution in [0.2, 0.25) is 0 Å². The number of esters is 1. The summed E-state index contributed by atoms with van der Waals surface area (Å²) in [6.07, 6.45) is 2.05. The van der Waals surface area contributed by atoms with E-state index >= 15 is 0 Å². The quantitative estimate of drug-likeness (QED) is 0.725. The Morgan fingerprint density at radius 3 is 2.38 bits per heavy atom. The lowest BCUT2D eigenvalue weighted by molar-refractivity contribution is -0.160. The number of ether oxygens (including phenoxy) is 1. The molecule has 2 rings (SSSR count). The molecule has 0 unspecified atom stereocenters. The summed E-state index contributed by atoms with van der Waals surface area (Å²) in [5.74, 6) is -0.0432. The van der Waals surface area contributed by atoms with Gasteiger partial charge in [-0.2, -0.15) is 0 Å². The van der Waals surface area contributed by atoms with Gasteiger partial charge in [-0.25, -0.2) is 0 Å². The Kier molecular flexibility index (Phi) is 5.63. The molecule has 0 N–H and O–H groups in total. The zero-order valence-corrected chi connectivity index (χ0v) is 14.1. The monoisotopic (exact) mass is 297 g/mol. The highest BCUT2D eigenvalue weighted by Gasteiger charge is 2.34. The maximum absolute atomic E-state index is 12.3. The number of carbonyl (C=O) groups is 1. The second-order valence-electron chi connectivity index (χ2n) is 7.37. The standard InChI is InChI=1S/C16H31N3O2/c1-16(2,3)21-15(20)14-6-5-7-19(14)13-12-18-10-8-17(4)9-11-18/h14H,5-13H2,1-4H3/t14-/m1/s1. The maximum atomic E-state index is 12.3. The summed E-state index contributed by atoms with van der Waals surface area (Å²) in [7, 11) is 2.18. The molecule has 5 heteroatoms. The molecular formula is C16H31N3O2. The smallest absolute Gasteiger partial charge is 0.323 e. The summed E-state index contributed by atoms with van der Waals surface area (Å²) >= 11 is 0. The summed E-state index contributed by atoms with van der Waals surface area (Å²) in [4.78, 5) is 19.5. The van der Waals surface area contributed by atoms with Gasteiger partial charge in [-0.05, 0) is 47.2 Å². The van der Waals surface area contributed by atoms with Gasteiger partial charge in [-0.3, -0.25) is 14.6 Å². The molecule has 0 aromatic rings. The first-order valence-electron chi connectivity index (χ1n) is 8.23. The van der Waals surface area contributed by atoms with Crippen LogP contribution in [0.15, 0.2) is 0 Å². The SMILES string of the molecule is CN1CCN(CCN2CCC[C@@H]2C(=O)OC(C)(C)C)CC1. The first-order chi connectivity index (χ1) is 9.85. The van der Waals surface area contributed by atoms with E-state index in [0.29, 0.717) is 0 Å². The predicted octanol–water partition coefficient (Wildman–Crippen LogP) is 1.04. The normalized spacial score (nSPS) is 26.2. The summed E-state index contributed by atoms with van der Waals surface area (Å²) in [6, 6.07) is -0.0308. The number of carbonyl (C=O) groups excluding carboxylic acids is 1. The van der Waals surface area contributed by atoms with E-state index < -0.39 is 0 Å². The van der Waals surface area contributed by atoms with E-state index in [0.717, 1.165) is 58.7 Å². The van der Waals surface area contributed by atoms with Crippen LogP contribution in [0.3, 0.4) is 0 Å². The highest BCUT2D eigenvalue weighted by molar-refractivity contribution is 5.76. The molecule has 2 aliphatic heterocycles. The van der Waals surface area contributed by atoms with E-state index in [1.165, 1.54) is 0 Å². The van der Waals surface area contributed by atoms with Gasteiger partial charge >= 0.3 is 5.97 Å². The van der Waals surface area contributed by atoms with Gasteiger partial charge in [0.2, 0.25) is 0 Å². The van der Waals surface area contributed by atoms with Gasteiger partial charge in [0.15, 0.2) is 0 Å². The van der Waals surface area contributed by atoms with E-state index in [4.69, 9.17) is 4.74 Å². The molecule has 0 radical (unpaired) electrons. The number of rotatable bonds is 4. The Labute approximate surface area is 129 Å². The molecule has 1 atom stereocenters. The van der Waals surface area contributed by atoms with Crippen molar-refractivity contribution in [2.45, 2.75) is 45.3 Å². The third kappa shape index (κ3) is 5.24. The van der Waals surface area contributed by atoms with Crippen LogP contribution < -0.4 is 0 Å². The minimum Gasteiger partial charge on any atom is -0.459 e. The topological polar surface area (TPSA) is 36.0 Å². The van der Waals surface area contributed by atoms with E-state index in [9.17, 15) is 4.79 Å². The van der Waals surface area contributed by atoms with Gasteiger partial charge in [0.05, 0.1) is 0 Å². The summed E-state index contributed by atoms with van der Waals surface area (Å²) < 4.78 is 5.56. The number of hydrogen-bond donors (Lipinski definition) is 0. The van der Waals surface area contributed by atoms with Crippen molar-refractivity contribution in [2.24, 2.45) is 0 Å². The van der Waals surface area contributed by atoms with Gasteiger partial charge in [0, 0.05) is 39.3 Å². The molecule has 2 heterocycles. The molecule has 2 saturated heterocycles. The molecule has 0 bridgehead atoms. The van der Waals surface area contributed by atoms with Crippen LogP contribution in [0.5, 0.6) is 0 Å². The first kappa shape index (κ1) is 16.7. The second kappa shape index (κ2) is 7.07. The molecule has 0 amide bonds. The Bertz CT molecular complexity index is 346. The van der Waals surface area contributed by atoms with Crippen molar-refractivity contribution in [3.8, 4) is 0 Å². The highest BCUT2D eigenvalue weighted by atomic mass is 16.6. The van der Waals surface area contributed by atoms with Crippen LogP contribution in [-0.2, 0) is 9.53 Å². The lowest BCUT2D eigenvalue weighted by Crippen LogP contribution is -2.48. The molecular weight excluding hydrogens is 266 g/mol. The zero-order valence-electron chi connectivity index (χ0n) is 14.1.